The number of fused-ring (bicyclic) bond motifs is 1. The van der Waals surface area contributed by atoms with Crippen LogP contribution in [0.25, 0.3) is 11.0 Å². The van der Waals surface area contributed by atoms with Crippen molar-refractivity contribution < 1.29 is 4.74 Å². The summed E-state index contributed by atoms with van der Waals surface area (Å²) >= 11 is 0. The van der Waals surface area contributed by atoms with Gasteiger partial charge in [-0.2, -0.15) is 0 Å². The van der Waals surface area contributed by atoms with Crippen LogP contribution in [0.5, 0.6) is 5.75 Å². The Labute approximate surface area is 162 Å². The van der Waals surface area contributed by atoms with E-state index in [1.54, 1.807) is 0 Å². The van der Waals surface area contributed by atoms with Crippen molar-refractivity contribution in [2.75, 3.05) is 6.61 Å². The molecule has 3 nitrogen and oxygen atoms in total. The third kappa shape index (κ3) is 4.18. The summed E-state index contributed by atoms with van der Waals surface area (Å²) in [6.07, 6.45) is 8.68. The highest BCUT2D eigenvalue weighted by atomic mass is 16.5. The topological polar surface area (TPSA) is 27.1 Å². The molecular weight excluding hydrogens is 332 g/mol. The predicted molar refractivity (Wildman–Crippen MR) is 111 cm³/mol. The van der Waals surface area contributed by atoms with Gasteiger partial charge in [0.15, 0.2) is 0 Å². The maximum absolute atomic E-state index is 5.97. The summed E-state index contributed by atoms with van der Waals surface area (Å²) in [6.45, 7) is 3.89. The van der Waals surface area contributed by atoms with Crippen molar-refractivity contribution >= 4 is 11.0 Å². The number of hydrogen-bond donors (Lipinski definition) is 0. The fraction of sp³-hybridized carbons (Fsp3) is 0.458. The second-order valence-corrected chi connectivity index (χ2v) is 7.64. The van der Waals surface area contributed by atoms with Crippen molar-refractivity contribution in [1.29, 1.82) is 0 Å². The minimum absolute atomic E-state index is 0.619. The Morgan fingerprint density at radius 3 is 2.56 bits per heavy atom. The van der Waals surface area contributed by atoms with Gasteiger partial charge >= 0.3 is 0 Å². The molecule has 0 radical (unpaired) electrons. The molecular formula is C24H30N2O. The molecule has 142 valence electrons. The lowest BCUT2D eigenvalue weighted by atomic mass is 9.88. The number of nitrogens with zero attached hydrogens (tertiary/aromatic N) is 2. The van der Waals surface area contributed by atoms with Gasteiger partial charge < -0.3 is 9.30 Å². The Kier molecular flexibility index (Phi) is 5.76. The molecule has 0 amide bonds. The monoisotopic (exact) mass is 362 g/mol. The van der Waals surface area contributed by atoms with Crippen LogP contribution in [0.4, 0.5) is 0 Å². The Morgan fingerprint density at radius 2 is 1.78 bits per heavy atom. The normalized spacial score (nSPS) is 15.3. The molecule has 0 N–H and O–H groups in total. The summed E-state index contributed by atoms with van der Waals surface area (Å²) < 4.78 is 8.42. The molecule has 1 fully saturated rings. The van der Waals surface area contributed by atoms with Crippen molar-refractivity contribution in [1.82, 2.24) is 9.55 Å². The Balaban J connectivity index is 1.44. The number of aromatic nitrogens is 2. The zero-order valence-electron chi connectivity index (χ0n) is 16.4. The van der Waals surface area contributed by atoms with Crippen LogP contribution in [0.2, 0.25) is 0 Å². The molecule has 4 rings (SSSR count). The van der Waals surface area contributed by atoms with E-state index in [9.17, 15) is 0 Å². The fourth-order valence-corrected chi connectivity index (χ4v) is 4.24. The van der Waals surface area contributed by atoms with Crippen LogP contribution < -0.4 is 4.74 Å². The summed E-state index contributed by atoms with van der Waals surface area (Å²) in [5.74, 6) is 2.88. The van der Waals surface area contributed by atoms with Crippen molar-refractivity contribution in [2.45, 2.75) is 64.3 Å². The third-order valence-corrected chi connectivity index (χ3v) is 5.78. The van der Waals surface area contributed by atoms with E-state index in [0.717, 1.165) is 37.3 Å². The average Bonchev–Trinajstić information content (AvgIpc) is 3.11. The van der Waals surface area contributed by atoms with Crippen LogP contribution >= 0.6 is 0 Å². The first-order valence-electron chi connectivity index (χ1n) is 10.5. The predicted octanol–water partition coefficient (Wildman–Crippen LogP) is 6.12. The molecule has 1 aromatic heterocycles. The van der Waals surface area contributed by atoms with E-state index < -0.39 is 0 Å². The molecule has 0 spiro atoms. The first-order valence-corrected chi connectivity index (χ1v) is 10.5. The molecule has 1 saturated carbocycles. The highest BCUT2D eigenvalue weighted by molar-refractivity contribution is 5.76. The summed E-state index contributed by atoms with van der Waals surface area (Å²) in [6, 6.07) is 17.0. The summed E-state index contributed by atoms with van der Waals surface area (Å²) in [5.41, 5.74) is 3.75. The molecule has 27 heavy (non-hydrogen) atoms. The van der Waals surface area contributed by atoms with Gasteiger partial charge in [-0.05, 0) is 55.5 Å². The van der Waals surface area contributed by atoms with E-state index in [0.29, 0.717) is 5.92 Å². The Morgan fingerprint density at radius 1 is 1.00 bits per heavy atom. The molecule has 3 aromatic rings. The average molecular weight is 363 g/mol. The maximum Gasteiger partial charge on any atom is 0.119 e. The van der Waals surface area contributed by atoms with Crippen molar-refractivity contribution in [3.8, 4) is 5.75 Å². The largest absolute Gasteiger partial charge is 0.494 e. The lowest BCUT2D eigenvalue weighted by Crippen LogP contribution is -2.13. The number of aryl methyl sites for hydroxylation is 2. The van der Waals surface area contributed by atoms with E-state index in [-0.39, 0.29) is 0 Å². The molecule has 0 saturated heterocycles. The lowest BCUT2D eigenvalue weighted by molar-refractivity contribution is 0.300. The first kappa shape index (κ1) is 18.1. The number of rotatable bonds is 7. The summed E-state index contributed by atoms with van der Waals surface area (Å²) in [7, 11) is 0. The minimum atomic E-state index is 0.619. The first-order chi connectivity index (χ1) is 13.3. The SMILES string of the molecule is CCc1ccc(OCCCn2c(C3CCCCC3)nc3ccccc32)cc1. The zero-order valence-corrected chi connectivity index (χ0v) is 16.4. The molecule has 2 aromatic carbocycles. The van der Waals surface area contributed by atoms with Crippen molar-refractivity contribution in [2.24, 2.45) is 0 Å². The maximum atomic E-state index is 5.97. The third-order valence-electron chi connectivity index (χ3n) is 5.78. The van der Waals surface area contributed by atoms with Gasteiger partial charge in [-0.15, -0.1) is 0 Å². The van der Waals surface area contributed by atoms with Crippen molar-refractivity contribution in [3.05, 3.63) is 59.9 Å². The van der Waals surface area contributed by atoms with Crippen LogP contribution in [0.15, 0.2) is 48.5 Å². The van der Waals surface area contributed by atoms with E-state index in [1.165, 1.54) is 49.0 Å². The van der Waals surface area contributed by atoms with Gasteiger partial charge in [0.25, 0.3) is 0 Å². The molecule has 0 aliphatic heterocycles. The molecule has 1 aliphatic carbocycles. The number of imidazole rings is 1. The molecule has 0 unspecified atom stereocenters. The van der Waals surface area contributed by atoms with Crippen LogP contribution in [0.1, 0.15) is 62.8 Å². The van der Waals surface area contributed by atoms with Gasteiger partial charge in [0.2, 0.25) is 0 Å². The number of para-hydroxylation sites is 2. The highest BCUT2D eigenvalue weighted by Crippen LogP contribution is 2.34. The van der Waals surface area contributed by atoms with Gasteiger partial charge in [-0.1, -0.05) is 50.5 Å². The minimum Gasteiger partial charge on any atom is -0.494 e. The number of hydrogen-bond acceptors (Lipinski definition) is 2. The Hall–Kier alpha value is -2.29. The van der Waals surface area contributed by atoms with Crippen LogP contribution in [-0.4, -0.2) is 16.2 Å². The van der Waals surface area contributed by atoms with Gasteiger partial charge in [0.05, 0.1) is 17.6 Å². The second-order valence-electron chi connectivity index (χ2n) is 7.64. The quantitative estimate of drug-likeness (QED) is 0.474. The standard InChI is InChI=1S/C24H30N2O/c1-2-19-13-15-21(16-14-19)27-18-8-17-26-23-12-7-6-11-22(23)25-24(26)20-9-4-3-5-10-20/h6-7,11-16,20H,2-5,8-10,17-18H2,1H3. The molecule has 3 heteroatoms. The van der Waals surface area contributed by atoms with Gasteiger partial charge in [-0.25, -0.2) is 4.98 Å². The number of benzene rings is 2. The van der Waals surface area contributed by atoms with E-state index in [2.05, 4.69) is 60.0 Å². The van der Waals surface area contributed by atoms with Gasteiger partial charge in [0.1, 0.15) is 11.6 Å². The molecule has 1 heterocycles. The molecule has 1 aliphatic rings. The second kappa shape index (κ2) is 8.60. The lowest BCUT2D eigenvalue weighted by Gasteiger charge is -2.22. The van der Waals surface area contributed by atoms with Crippen LogP contribution in [0.3, 0.4) is 0 Å². The molecule has 0 bridgehead atoms. The van der Waals surface area contributed by atoms with E-state index in [1.807, 2.05) is 0 Å². The van der Waals surface area contributed by atoms with E-state index in [4.69, 9.17) is 9.72 Å². The summed E-state index contributed by atoms with van der Waals surface area (Å²) in [5, 5.41) is 0. The van der Waals surface area contributed by atoms with Crippen molar-refractivity contribution in [3.63, 3.8) is 0 Å². The Bertz CT molecular complexity index is 860. The number of ether oxygens (including phenoxy) is 1. The van der Waals surface area contributed by atoms with Gasteiger partial charge in [0, 0.05) is 12.5 Å². The van der Waals surface area contributed by atoms with Gasteiger partial charge in [-0.3, -0.25) is 0 Å². The molecule has 0 atom stereocenters. The smallest absolute Gasteiger partial charge is 0.119 e. The van der Waals surface area contributed by atoms with Crippen LogP contribution in [-0.2, 0) is 13.0 Å². The highest BCUT2D eigenvalue weighted by Gasteiger charge is 2.22. The summed E-state index contributed by atoms with van der Waals surface area (Å²) in [4.78, 5) is 5.01. The zero-order chi connectivity index (χ0) is 18.5. The van der Waals surface area contributed by atoms with E-state index >= 15 is 0 Å². The van der Waals surface area contributed by atoms with Crippen LogP contribution in [0, 0.1) is 0 Å². The fourth-order valence-electron chi connectivity index (χ4n) is 4.24.